The molecule has 0 saturated heterocycles. The molecule has 0 aliphatic heterocycles. The molecule has 2 N–H and O–H groups in total. The number of amides is 1. The van der Waals surface area contributed by atoms with E-state index in [2.05, 4.69) is 20.5 Å². The summed E-state index contributed by atoms with van der Waals surface area (Å²) in [4.78, 5) is 16.8. The van der Waals surface area contributed by atoms with Crippen LogP contribution >= 0.6 is 0 Å². The van der Waals surface area contributed by atoms with Crippen molar-refractivity contribution in [2.75, 3.05) is 0 Å². The Morgan fingerprint density at radius 1 is 1.12 bits per heavy atom. The summed E-state index contributed by atoms with van der Waals surface area (Å²) < 4.78 is 0. The highest BCUT2D eigenvalue weighted by Gasteiger charge is 2.18. The predicted octanol–water partition coefficient (Wildman–Crippen LogP) is 2.87. The van der Waals surface area contributed by atoms with Crippen LogP contribution in [0.2, 0.25) is 0 Å². The van der Waals surface area contributed by atoms with Crippen LogP contribution in [-0.2, 0) is 11.2 Å². The molecule has 0 radical (unpaired) electrons. The summed E-state index contributed by atoms with van der Waals surface area (Å²) in [5.74, 6) is -0.0414. The van der Waals surface area contributed by atoms with Crippen LogP contribution in [0.25, 0.3) is 0 Å². The van der Waals surface area contributed by atoms with E-state index < -0.39 is 0 Å². The van der Waals surface area contributed by atoms with E-state index in [1.165, 1.54) is 0 Å². The molecule has 5 heteroatoms. The molecule has 1 amide bonds. The number of pyridine rings is 1. The number of nitrogens with zero attached hydrogens (tertiary/aromatic N) is 2. The number of carbonyl (C=O) groups excluding carboxylic acids is 1. The number of nitrogens with one attached hydrogen (secondary N) is 2. The van der Waals surface area contributed by atoms with Crippen molar-refractivity contribution in [1.82, 2.24) is 20.5 Å². The third-order valence-corrected chi connectivity index (χ3v) is 4.07. The second-order valence-electron chi connectivity index (χ2n) is 5.79. The molecule has 1 aromatic carbocycles. The first-order valence-corrected chi connectivity index (χ1v) is 7.90. The van der Waals surface area contributed by atoms with Crippen molar-refractivity contribution >= 4 is 5.91 Å². The number of H-pyrrole nitrogens is 1. The Bertz CT molecular complexity index is 753. The van der Waals surface area contributed by atoms with Gasteiger partial charge in [0.2, 0.25) is 5.91 Å². The van der Waals surface area contributed by atoms with Gasteiger partial charge in [0.15, 0.2) is 0 Å². The van der Waals surface area contributed by atoms with Crippen LogP contribution in [0.5, 0.6) is 0 Å². The molecule has 24 heavy (non-hydrogen) atoms. The SMILES string of the molecule is Cc1n[nH]c(C)c1CC(=O)N[C@@H](c1ccccc1)c1cccnc1. The summed E-state index contributed by atoms with van der Waals surface area (Å²) in [7, 11) is 0. The maximum Gasteiger partial charge on any atom is 0.225 e. The van der Waals surface area contributed by atoms with Gasteiger partial charge in [-0.15, -0.1) is 0 Å². The summed E-state index contributed by atoms with van der Waals surface area (Å²) in [5, 5.41) is 10.2. The standard InChI is InChI=1S/C19H20N4O/c1-13-17(14(2)23-22-13)11-18(24)21-19(15-7-4-3-5-8-15)16-9-6-10-20-12-16/h3-10,12,19H,11H2,1-2H3,(H,21,24)(H,22,23)/t19-/m0/s1. The first-order valence-electron chi connectivity index (χ1n) is 7.90. The first kappa shape index (κ1) is 15.9. The molecule has 0 unspecified atom stereocenters. The zero-order valence-corrected chi connectivity index (χ0v) is 13.8. The Balaban J connectivity index is 1.83. The van der Waals surface area contributed by atoms with E-state index in [0.717, 1.165) is 28.1 Å². The van der Waals surface area contributed by atoms with E-state index in [-0.39, 0.29) is 11.9 Å². The Hall–Kier alpha value is -2.95. The lowest BCUT2D eigenvalue weighted by molar-refractivity contribution is -0.121. The highest BCUT2D eigenvalue weighted by molar-refractivity contribution is 5.80. The highest BCUT2D eigenvalue weighted by atomic mass is 16.1. The summed E-state index contributed by atoms with van der Waals surface area (Å²) >= 11 is 0. The van der Waals surface area contributed by atoms with E-state index in [1.54, 1.807) is 12.4 Å². The summed E-state index contributed by atoms with van der Waals surface area (Å²) in [6.45, 7) is 3.83. The first-order chi connectivity index (χ1) is 11.6. The van der Waals surface area contributed by atoms with E-state index in [9.17, 15) is 4.79 Å². The molecule has 0 spiro atoms. The maximum atomic E-state index is 12.6. The van der Waals surface area contributed by atoms with Gasteiger partial charge >= 0.3 is 0 Å². The average Bonchev–Trinajstić information content (AvgIpc) is 2.93. The van der Waals surface area contributed by atoms with Crippen LogP contribution in [0.15, 0.2) is 54.9 Å². The van der Waals surface area contributed by atoms with Gasteiger partial charge in [-0.2, -0.15) is 5.10 Å². The Labute approximate surface area is 141 Å². The number of aromatic amines is 1. The van der Waals surface area contributed by atoms with Crippen molar-refractivity contribution in [3.63, 3.8) is 0 Å². The minimum Gasteiger partial charge on any atom is -0.345 e. The van der Waals surface area contributed by atoms with Crippen molar-refractivity contribution in [2.45, 2.75) is 26.3 Å². The van der Waals surface area contributed by atoms with Crippen LogP contribution < -0.4 is 5.32 Å². The van der Waals surface area contributed by atoms with Crippen LogP contribution in [0, 0.1) is 13.8 Å². The lowest BCUT2D eigenvalue weighted by Gasteiger charge is -2.19. The number of hydrogen-bond donors (Lipinski definition) is 2. The summed E-state index contributed by atoms with van der Waals surface area (Å²) in [5.41, 5.74) is 4.73. The number of carbonyl (C=O) groups is 1. The zero-order chi connectivity index (χ0) is 16.9. The fourth-order valence-electron chi connectivity index (χ4n) is 2.76. The van der Waals surface area contributed by atoms with Gasteiger partial charge in [0, 0.05) is 23.7 Å². The monoisotopic (exact) mass is 320 g/mol. The van der Waals surface area contributed by atoms with Crippen molar-refractivity contribution in [2.24, 2.45) is 0 Å². The quantitative estimate of drug-likeness (QED) is 0.759. The topological polar surface area (TPSA) is 70.7 Å². The van der Waals surface area contributed by atoms with Gasteiger partial charge < -0.3 is 5.32 Å². The smallest absolute Gasteiger partial charge is 0.225 e. The Morgan fingerprint density at radius 2 is 1.88 bits per heavy atom. The molecular formula is C19H20N4O. The fourth-order valence-corrected chi connectivity index (χ4v) is 2.76. The third-order valence-electron chi connectivity index (χ3n) is 4.07. The van der Waals surface area contributed by atoms with E-state index in [0.29, 0.717) is 6.42 Å². The van der Waals surface area contributed by atoms with Gasteiger partial charge in [-0.25, -0.2) is 0 Å². The molecule has 5 nitrogen and oxygen atoms in total. The molecule has 3 rings (SSSR count). The molecule has 0 aliphatic rings. The number of aromatic nitrogens is 3. The van der Waals surface area contributed by atoms with Gasteiger partial charge in [0.25, 0.3) is 0 Å². The zero-order valence-electron chi connectivity index (χ0n) is 13.8. The Kier molecular flexibility index (Phi) is 4.70. The molecule has 3 aromatic rings. The summed E-state index contributed by atoms with van der Waals surface area (Å²) in [6, 6.07) is 13.5. The van der Waals surface area contributed by atoms with Crippen LogP contribution in [0.4, 0.5) is 0 Å². The molecule has 0 bridgehead atoms. The molecule has 0 fully saturated rings. The molecule has 1 atom stereocenters. The Morgan fingerprint density at radius 3 is 2.50 bits per heavy atom. The second-order valence-corrected chi connectivity index (χ2v) is 5.79. The minimum absolute atomic E-state index is 0.0414. The van der Waals surface area contributed by atoms with E-state index in [1.807, 2.05) is 56.3 Å². The maximum absolute atomic E-state index is 12.6. The van der Waals surface area contributed by atoms with Gasteiger partial charge in [-0.05, 0) is 31.0 Å². The largest absolute Gasteiger partial charge is 0.345 e. The normalized spacial score (nSPS) is 11.9. The average molecular weight is 320 g/mol. The lowest BCUT2D eigenvalue weighted by Crippen LogP contribution is -2.30. The molecule has 2 aromatic heterocycles. The predicted molar refractivity (Wildman–Crippen MR) is 92.4 cm³/mol. The van der Waals surface area contributed by atoms with E-state index >= 15 is 0 Å². The van der Waals surface area contributed by atoms with E-state index in [4.69, 9.17) is 0 Å². The third kappa shape index (κ3) is 3.51. The van der Waals surface area contributed by atoms with Crippen LogP contribution in [0.3, 0.4) is 0 Å². The molecule has 122 valence electrons. The summed E-state index contributed by atoms with van der Waals surface area (Å²) in [6.07, 6.45) is 3.82. The van der Waals surface area contributed by atoms with Gasteiger partial charge in [-0.3, -0.25) is 14.9 Å². The number of aryl methyl sites for hydroxylation is 2. The lowest BCUT2D eigenvalue weighted by atomic mass is 9.99. The second kappa shape index (κ2) is 7.08. The van der Waals surface area contributed by atoms with Crippen LogP contribution in [-0.4, -0.2) is 21.1 Å². The van der Waals surface area contributed by atoms with Crippen molar-refractivity contribution in [3.8, 4) is 0 Å². The molecule has 2 heterocycles. The highest BCUT2D eigenvalue weighted by Crippen LogP contribution is 2.21. The van der Waals surface area contributed by atoms with Crippen molar-refractivity contribution < 1.29 is 4.79 Å². The fraction of sp³-hybridized carbons (Fsp3) is 0.211. The number of hydrogen-bond acceptors (Lipinski definition) is 3. The molecule has 0 saturated carbocycles. The van der Waals surface area contributed by atoms with Crippen LogP contribution in [0.1, 0.15) is 34.1 Å². The number of rotatable bonds is 5. The van der Waals surface area contributed by atoms with Gasteiger partial charge in [-0.1, -0.05) is 36.4 Å². The minimum atomic E-state index is -0.222. The van der Waals surface area contributed by atoms with Crippen molar-refractivity contribution in [3.05, 3.63) is 82.9 Å². The van der Waals surface area contributed by atoms with Crippen molar-refractivity contribution in [1.29, 1.82) is 0 Å². The molecule has 0 aliphatic carbocycles. The van der Waals surface area contributed by atoms with Gasteiger partial charge in [0.1, 0.15) is 0 Å². The van der Waals surface area contributed by atoms with Gasteiger partial charge in [0.05, 0.1) is 18.2 Å². The molecular weight excluding hydrogens is 300 g/mol. The number of benzene rings is 1.